The van der Waals surface area contributed by atoms with Crippen LogP contribution in [-0.4, -0.2) is 80.5 Å². The molecule has 1 rings (SSSR count). The molecule has 0 aliphatic heterocycles. The fourth-order valence-corrected chi connectivity index (χ4v) is 2.95. The Kier molecular flexibility index (Phi) is 14.0. The number of carbonyl (C=O) groups is 1. The van der Waals surface area contributed by atoms with E-state index in [9.17, 15) is 13.2 Å². The van der Waals surface area contributed by atoms with Gasteiger partial charge in [0.05, 0.1) is 64.4 Å². The van der Waals surface area contributed by atoms with Crippen LogP contribution in [0.5, 0.6) is 0 Å². The van der Waals surface area contributed by atoms with Crippen molar-refractivity contribution in [3.05, 3.63) is 42.0 Å². The highest BCUT2D eigenvalue weighted by Crippen LogP contribution is 2.12. The van der Waals surface area contributed by atoms with E-state index in [1.165, 1.54) is 12.1 Å². The molecule has 0 bridgehead atoms. The molecule has 0 amide bonds. The Balaban J connectivity index is 1.87. The summed E-state index contributed by atoms with van der Waals surface area (Å²) in [6.07, 6.45) is 0. The van der Waals surface area contributed by atoms with Crippen molar-refractivity contribution < 1.29 is 41.1 Å². The van der Waals surface area contributed by atoms with E-state index < -0.39 is 16.1 Å². The Morgan fingerprint density at radius 2 is 1.19 bits per heavy atom. The number of aryl methyl sites for hydroxylation is 1. The maximum Gasteiger partial charge on any atom is 0.333 e. The first-order valence-corrected chi connectivity index (χ1v) is 11.3. The van der Waals surface area contributed by atoms with Crippen LogP contribution in [0.2, 0.25) is 0 Å². The second kappa shape index (κ2) is 15.9. The van der Waals surface area contributed by atoms with Gasteiger partial charge in [0.25, 0.3) is 10.1 Å². The van der Waals surface area contributed by atoms with Gasteiger partial charge in [-0.1, -0.05) is 24.3 Å². The van der Waals surface area contributed by atoms with E-state index in [2.05, 4.69) is 6.58 Å². The molecule has 1 aromatic rings. The lowest BCUT2D eigenvalue weighted by molar-refractivity contribution is -0.140. The Morgan fingerprint density at radius 3 is 1.65 bits per heavy atom. The zero-order valence-electron chi connectivity index (χ0n) is 18.2. The largest absolute Gasteiger partial charge is 0.460 e. The van der Waals surface area contributed by atoms with E-state index in [-0.39, 0.29) is 24.7 Å². The lowest BCUT2D eigenvalue weighted by atomic mass is 10.2. The van der Waals surface area contributed by atoms with Crippen LogP contribution in [0, 0.1) is 6.92 Å². The third-order valence-corrected chi connectivity index (χ3v) is 5.03. The van der Waals surface area contributed by atoms with Gasteiger partial charge in [-0.25, -0.2) is 4.79 Å². The van der Waals surface area contributed by atoms with Crippen molar-refractivity contribution >= 4 is 16.1 Å². The predicted molar refractivity (Wildman–Crippen MR) is 113 cm³/mol. The number of ether oxygens (including phenoxy) is 5. The monoisotopic (exact) mass is 460 g/mol. The Labute approximate surface area is 184 Å². The number of carbonyl (C=O) groups excluding carboxylic acids is 1. The van der Waals surface area contributed by atoms with Crippen LogP contribution >= 0.6 is 0 Å². The Morgan fingerprint density at radius 1 is 0.774 bits per heavy atom. The predicted octanol–water partition coefficient (Wildman–Crippen LogP) is 1.89. The molecule has 9 nitrogen and oxygen atoms in total. The van der Waals surface area contributed by atoms with Gasteiger partial charge in [-0.3, -0.25) is 4.18 Å². The third kappa shape index (κ3) is 13.2. The van der Waals surface area contributed by atoms with Crippen LogP contribution in [0.3, 0.4) is 0 Å². The van der Waals surface area contributed by atoms with Gasteiger partial charge >= 0.3 is 5.97 Å². The number of rotatable bonds is 18. The summed E-state index contributed by atoms with van der Waals surface area (Å²) < 4.78 is 55.0. The SMILES string of the molecule is C=C(C)C(=O)OCCOCCOCCOCCOCCOS(=O)(=O)c1ccc(C)cc1. The van der Waals surface area contributed by atoms with E-state index >= 15 is 0 Å². The fourth-order valence-electron chi connectivity index (χ4n) is 2.05. The third-order valence-electron chi connectivity index (χ3n) is 3.70. The second-order valence-electron chi connectivity index (χ2n) is 6.45. The van der Waals surface area contributed by atoms with Crippen LogP contribution in [0.1, 0.15) is 12.5 Å². The molecule has 0 N–H and O–H groups in total. The van der Waals surface area contributed by atoms with Crippen molar-refractivity contribution in [1.82, 2.24) is 0 Å². The maximum atomic E-state index is 12.0. The maximum absolute atomic E-state index is 12.0. The van der Waals surface area contributed by atoms with E-state index in [0.717, 1.165) is 5.56 Å². The van der Waals surface area contributed by atoms with Gasteiger partial charge < -0.3 is 23.7 Å². The highest BCUT2D eigenvalue weighted by atomic mass is 32.2. The second-order valence-corrected chi connectivity index (χ2v) is 8.07. The minimum absolute atomic E-state index is 0.0638. The molecule has 0 saturated heterocycles. The first-order chi connectivity index (χ1) is 14.8. The average molecular weight is 461 g/mol. The quantitative estimate of drug-likeness (QED) is 0.140. The van der Waals surface area contributed by atoms with Crippen LogP contribution in [-0.2, 0) is 42.8 Å². The molecule has 0 atom stereocenters. The van der Waals surface area contributed by atoms with Gasteiger partial charge in [-0.15, -0.1) is 0 Å². The number of hydrogen-bond acceptors (Lipinski definition) is 9. The lowest BCUT2D eigenvalue weighted by Gasteiger charge is -2.08. The van der Waals surface area contributed by atoms with Crippen molar-refractivity contribution in [3.63, 3.8) is 0 Å². The molecule has 0 unspecified atom stereocenters. The molecular weight excluding hydrogens is 428 g/mol. The molecule has 176 valence electrons. The highest BCUT2D eigenvalue weighted by molar-refractivity contribution is 7.86. The summed E-state index contributed by atoms with van der Waals surface area (Å²) in [6, 6.07) is 6.45. The minimum Gasteiger partial charge on any atom is -0.460 e. The van der Waals surface area contributed by atoms with Gasteiger partial charge in [0.2, 0.25) is 0 Å². The molecule has 0 heterocycles. The summed E-state index contributed by atoms with van der Waals surface area (Å²) in [6.45, 7) is 9.78. The molecule has 1 aromatic carbocycles. The summed E-state index contributed by atoms with van der Waals surface area (Å²) in [4.78, 5) is 11.2. The summed E-state index contributed by atoms with van der Waals surface area (Å²) >= 11 is 0. The van der Waals surface area contributed by atoms with E-state index in [1.54, 1.807) is 19.1 Å². The summed E-state index contributed by atoms with van der Waals surface area (Å²) in [7, 11) is -3.77. The number of esters is 1. The number of hydrogen-bond donors (Lipinski definition) is 0. The molecule has 0 radical (unpaired) electrons. The molecule has 0 aliphatic carbocycles. The van der Waals surface area contributed by atoms with Crippen molar-refractivity contribution in [2.24, 2.45) is 0 Å². The van der Waals surface area contributed by atoms with E-state index in [1.807, 2.05) is 6.92 Å². The summed E-state index contributed by atoms with van der Waals surface area (Å²) in [5.74, 6) is -0.430. The van der Waals surface area contributed by atoms with Crippen molar-refractivity contribution in [2.45, 2.75) is 18.7 Å². The van der Waals surface area contributed by atoms with Crippen LogP contribution in [0.4, 0.5) is 0 Å². The molecule has 31 heavy (non-hydrogen) atoms. The zero-order chi connectivity index (χ0) is 23.0. The lowest BCUT2D eigenvalue weighted by Crippen LogP contribution is -2.15. The first kappa shape index (κ1) is 27.2. The molecule has 10 heteroatoms. The normalized spacial score (nSPS) is 11.4. The molecular formula is C21H32O9S. The van der Waals surface area contributed by atoms with Crippen LogP contribution in [0.15, 0.2) is 41.3 Å². The van der Waals surface area contributed by atoms with Crippen molar-refractivity contribution in [1.29, 1.82) is 0 Å². The fraction of sp³-hybridized carbons (Fsp3) is 0.571. The van der Waals surface area contributed by atoms with Crippen LogP contribution in [0.25, 0.3) is 0 Å². The Hall–Kier alpha value is -1.82. The smallest absolute Gasteiger partial charge is 0.333 e. The first-order valence-electron chi connectivity index (χ1n) is 9.92. The zero-order valence-corrected chi connectivity index (χ0v) is 19.0. The van der Waals surface area contributed by atoms with E-state index in [0.29, 0.717) is 51.8 Å². The van der Waals surface area contributed by atoms with Crippen LogP contribution < -0.4 is 0 Å². The van der Waals surface area contributed by atoms with Gasteiger partial charge in [0, 0.05) is 5.57 Å². The highest BCUT2D eigenvalue weighted by Gasteiger charge is 2.14. The average Bonchev–Trinajstić information content (AvgIpc) is 2.73. The molecule has 0 fully saturated rings. The standard InChI is InChI=1S/C21H32O9S/c1-18(2)21(22)29-16-14-27-12-10-25-8-9-26-11-13-28-15-17-30-31(23,24)20-6-4-19(3)5-7-20/h4-7H,1,8-17H2,2-3H3. The molecule has 0 saturated carbocycles. The molecule has 0 aliphatic rings. The van der Waals surface area contributed by atoms with Crippen molar-refractivity contribution in [2.75, 3.05) is 66.1 Å². The minimum atomic E-state index is -3.77. The topological polar surface area (TPSA) is 107 Å². The van der Waals surface area contributed by atoms with Gasteiger partial charge in [-0.05, 0) is 26.0 Å². The molecule has 0 spiro atoms. The Bertz CT molecular complexity index is 745. The van der Waals surface area contributed by atoms with Gasteiger partial charge in [0.15, 0.2) is 0 Å². The summed E-state index contributed by atoms with van der Waals surface area (Å²) in [5.41, 5.74) is 1.33. The van der Waals surface area contributed by atoms with Gasteiger partial charge in [0.1, 0.15) is 6.61 Å². The molecule has 0 aromatic heterocycles. The number of benzene rings is 1. The van der Waals surface area contributed by atoms with Gasteiger partial charge in [-0.2, -0.15) is 8.42 Å². The van der Waals surface area contributed by atoms with Crippen molar-refractivity contribution in [3.8, 4) is 0 Å². The summed E-state index contributed by atoms with van der Waals surface area (Å²) in [5, 5.41) is 0. The van der Waals surface area contributed by atoms with E-state index in [4.69, 9.17) is 27.9 Å².